The summed E-state index contributed by atoms with van der Waals surface area (Å²) < 4.78 is 13.8. The van der Waals surface area contributed by atoms with E-state index in [1.165, 1.54) is 35.2 Å². The van der Waals surface area contributed by atoms with E-state index in [0.29, 0.717) is 15.2 Å². The van der Waals surface area contributed by atoms with Crippen LogP contribution in [-0.4, -0.2) is 27.4 Å². The molecule has 0 aliphatic rings. The van der Waals surface area contributed by atoms with E-state index in [4.69, 9.17) is 0 Å². The number of rotatable bonds is 6. The van der Waals surface area contributed by atoms with E-state index in [9.17, 15) is 9.18 Å². The summed E-state index contributed by atoms with van der Waals surface area (Å²) in [5.41, 5.74) is 0.610. The zero-order valence-electron chi connectivity index (χ0n) is 12.5. The summed E-state index contributed by atoms with van der Waals surface area (Å²) in [4.78, 5) is 11.9. The molecule has 0 bridgehead atoms. The van der Waals surface area contributed by atoms with E-state index in [1.807, 2.05) is 20.8 Å². The molecule has 118 valence electrons. The van der Waals surface area contributed by atoms with Crippen LogP contribution in [0.3, 0.4) is 0 Å². The molecular weight excluding hydrogens is 323 g/mol. The molecule has 2 N–H and O–H groups in total. The first-order chi connectivity index (χ1) is 10.4. The van der Waals surface area contributed by atoms with E-state index in [2.05, 4.69) is 20.8 Å². The molecule has 0 aliphatic carbocycles. The Morgan fingerprint density at radius 3 is 2.77 bits per heavy atom. The first-order valence-corrected chi connectivity index (χ1v) is 8.47. The first kappa shape index (κ1) is 16.7. The molecule has 0 spiro atoms. The maximum Gasteiger partial charge on any atom is 0.233 e. The van der Waals surface area contributed by atoms with Gasteiger partial charge in [-0.2, -0.15) is 0 Å². The Balaban J connectivity index is 1.95. The second-order valence-corrected chi connectivity index (χ2v) is 7.50. The van der Waals surface area contributed by atoms with Gasteiger partial charge in [0.1, 0.15) is 5.82 Å². The number of nitrogens with zero attached hydrogens (tertiary/aromatic N) is 2. The van der Waals surface area contributed by atoms with Crippen LogP contribution in [0.25, 0.3) is 0 Å². The summed E-state index contributed by atoms with van der Waals surface area (Å²) in [7, 11) is 0. The lowest BCUT2D eigenvalue weighted by Crippen LogP contribution is -2.35. The molecule has 1 aromatic carbocycles. The molecule has 1 atom stereocenters. The van der Waals surface area contributed by atoms with E-state index in [0.717, 1.165) is 0 Å². The number of carbonyl (C=O) groups excluding carboxylic acids is 1. The van der Waals surface area contributed by atoms with Crippen LogP contribution < -0.4 is 10.6 Å². The second kappa shape index (κ2) is 7.55. The summed E-state index contributed by atoms with van der Waals surface area (Å²) in [5.74, 6) is -0.349. The van der Waals surface area contributed by atoms with Gasteiger partial charge in [-0.1, -0.05) is 29.2 Å². The SMILES string of the molecule is CC(C)NC(=O)[C@H](C)Sc1nnc(Nc2cccc(F)c2)s1. The monoisotopic (exact) mass is 340 g/mol. The minimum atomic E-state index is -0.317. The minimum Gasteiger partial charge on any atom is -0.353 e. The number of anilines is 2. The highest BCUT2D eigenvalue weighted by atomic mass is 32.2. The third-order valence-electron chi connectivity index (χ3n) is 2.56. The van der Waals surface area contributed by atoms with Crippen LogP contribution >= 0.6 is 23.1 Å². The molecule has 1 amide bonds. The summed E-state index contributed by atoms with van der Waals surface area (Å²) in [6, 6.07) is 6.23. The van der Waals surface area contributed by atoms with Crippen molar-refractivity contribution < 1.29 is 9.18 Å². The number of carbonyl (C=O) groups is 1. The van der Waals surface area contributed by atoms with Crippen molar-refractivity contribution in [3.63, 3.8) is 0 Å². The van der Waals surface area contributed by atoms with Gasteiger partial charge in [0.25, 0.3) is 0 Å². The number of hydrogen-bond acceptors (Lipinski definition) is 6. The number of halogens is 1. The zero-order chi connectivity index (χ0) is 16.1. The largest absolute Gasteiger partial charge is 0.353 e. The summed E-state index contributed by atoms with van der Waals surface area (Å²) in [6.07, 6.45) is 0. The molecule has 2 aromatic rings. The van der Waals surface area contributed by atoms with Crippen LogP contribution in [0.2, 0.25) is 0 Å². The fraction of sp³-hybridized carbons (Fsp3) is 0.357. The summed E-state index contributed by atoms with van der Waals surface area (Å²) in [6.45, 7) is 5.66. The number of aromatic nitrogens is 2. The van der Waals surface area contributed by atoms with E-state index in [1.54, 1.807) is 12.1 Å². The van der Waals surface area contributed by atoms with Gasteiger partial charge in [-0.05, 0) is 39.0 Å². The molecule has 0 fully saturated rings. The highest BCUT2D eigenvalue weighted by Crippen LogP contribution is 2.30. The summed E-state index contributed by atoms with van der Waals surface area (Å²) >= 11 is 2.67. The van der Waals surface area contributed by atoms with Crippen molar-refractivity contribution in [2.45, 2.75) is 36.4 Å². The molecule has 0 saturated carbocycles. The molecular formula is C14H17FN4OS2. The smallest absolute Gasteiger partial charge is 0.233 e. The third kappa shape index (κ3) is 4.96. The number of amides is 1. The van der Waals surface area contributed by atoms with Crippen LogP contribution in [0.5, 0.6) is 0 Å². The van der Waals surface area contributed by atoms with Gasteiger partial charge >= 0.3 is 0 Å². The lowest BCUT2D eigenvalue weighted by molar-refractivity contribution is -0.120. The Morgan fingerprint density at radius 1 is 1.32 bits per heavy atom. The van der Waals surface area contributed by atoms with Crippen LogP contribution in [0.1, 0.15) is 20.8 Å². The Labute approximate surface area is 136 Å². The van der Waals surface area contributed by atoms with E-state index >= 15 is 0 Å². The fourth-order valence-corrected chi connectivity index (χ4v) is 3.53. The van der Waals surface area contributed by atoms with Gasteiger partial charge in [-0.3, -0.25) is 4.79 Å². The molecule has 0 radical (unpaired) electrons. The van der Waals surface area contributed by atoms with Gasteiger partial charge in [-0.25, -0.2) is 4.39 Å². The van der Waals surface area contributed by atoms with Gasteiger partial charge in [0.05, 0.1) is 5.25 Å². The van der Waals surface area contributed by atoms with Gasteiger partial charge in [0, 0.05) is 11.7 Å². The van der Waals surface area contributed by atoms with Gasteiger partial charge < -0.3 is 10.6 Å². The lowest BCUT2D eigenvalue weighted by atomic mass is 10.3. The number of nitrogens with one attached hydrogen (secondary N) is 2. The minimum absolute atomic E-state index is 0.0326. The predicted octanol–water partition coefficient (Wildman–Crippen LogP) is 3.43. The number of benzene rings is 1. The maximum atomic E-state index is 13.1. The van der Waals surface area contributed by atoms with Crippen molar-refractivity contribution in [2.75, 3.05) is 5.32 Å². The zero-order valence-corrected chi connectivity index (χ0v) is 14.1. The molecule has 0 unspecified atom stereocenters. The Morgan fingerprint density at radius 2 is 2.09 bits per heavy atom. The molecule has 0 saturated heterocycles. The van der Waals surface area contributed by atoms with Crippen molar-refractivity contribution >= 4 is 39.8 Å². The standard InChI is InChI=1S/C14H17FN4OS2/c1-8(2)16-12(20)9(3)21-14-19-18-13(22-14)17-11-6-4-5-10(15)7-11/h4-9H,1-3H3,(H,16,20)(H,17,18)/t9-/m0/s1. The highest BCUT2D eigenvalue weighted by molar-refractivity contribution is 8.02. The van der Waals surface area contributed by atoms with Crippen molar-refractivity contribution in [2.24, 2.45) is 0 Å². The van der Waals surface area contributed by atoms with Gasteiger partial charge in [-0.15, -0.1) is 10.2 Å². The molecule has 5 nitrogen and oxygen atoms in total. The van der Waals surface area contributed by atoms with E-state index in [-0.39, 0.29) is 23.0 Å². The molecule has 0 aliphatic heterocycles. The Kier molecular flexibility index (Phi) is 5.73. The Hall–Kier alpha value is -1.67. The average Bonchev–Trinajstić information content (AvgIpc) is 2.85. The van der Waals surface area contributed by atoms with Crippen LogP contribution in [0.4, 0.5) is 15.2 Å². The normalized spacial score (nSPS) is 12.2. The predicted molar refractivity (Wildman–Crippen MR) is 88.2 cm³/mol. The van der Waals surface area contributed by atoms with Crippen LogP contribution in [-0.2, 0) is 4.79 Å². The highest BCUT2D eigenvalue weighted by Gasteiger charge is 2.17. The summed E-state index contributed by atoms with van der Waals surface area (Å²) in [5, 5.41) is 14.2. The van der Waals surface area contributed by atoms with Crippen molar-refractivity contribution in [3.8, 4) is 0 Å². The molecule has 22 heavy (non-hydrogen) atoms. The molecule has 1 heterocycles. The molecule has 8 heteroatoms. The Bertz CT molecular complexity index is 647. The topological polar surface area (TPSA) is 66.9 Å². The second-order valence-electron chi connectivity index (χ2n) is 4.93. The van der Waals surface area contributed by atoms with Gasteiger partial charge in [0.2, 0.25) is 11.0 Å². The quantitative estimate of drug-likeness (QED) is 0.789. The van der Waals surface area contributed by atoms with Crippen molar-refractivity contribution in [1.29, 1.82) is 0 Å². The molecule has 1 aromatic heterocycles. The van der Waals surface area contributed by atoms with Gasteiger partial charge in [0.15, 0.2) is 4.34 Å². The number of hydrogen-bond donors (Lipinski definition) is 2. The van der Waals surface area contributed by atoms with Crippen molar-refractivity contribution in [3.05, 3.63) is 30.1 Å². The maximum absolute atomic E-state index is 13.1. The lowest BCUT2D eigenvalue weighted by Gasteiger charge is -2.12. The third-order valence-corrected chi connectivity index (χ3v) is 4.58. The van der Waals surface area contributed by atoms with Crippen molar-refractivity contribution in [1.82, 2.24) is 15.5 Å². The molecule has 2 rings (SSSR count). The first-order valence-electron chi connectivity index (χ1n) is 6.77. The fourth-order valence-electron chi connectivity index (χ4n) is 1.60. The van der Waals surface area contributed by atoms with Crippen LogP contribution in [0, 0.1) is 5.82 Å². The van der Waals surface area contributed by atoms with E-state index < -0.39 is 0 Å². The van der Waals surface area contributed by atoms with Crippen LogP contribution in [0.15, 0.2) is 28.6 Å². The number of thioether (sulfide) groups is 1. The average molecular weight is 340 g/mol.